The van der Waals surface area contributed by atoms with E-state index in [9.17, 15) is 51.2 Å². The lowest BCUT2D eigenvalue weighted by Gasteiger charge is -2.69. The minimum absolute atomic E-state index is 0.357. The minimum atomic E-state index is -5.53. The molecular formula is C24H41NO15S2-2. The summed E-state index contributed by atoms with van der Waals surface area (Å²) in [5.41, 5.74) is -16.8. The number of hydrogen-bond donors (Lipinski definition) is 5. The van der Waals surface area contributed by atoms with E-state index in [2.05, 4.69) is 0 Å². The molecule has 0 spiro atoms. The number of hydrogen-bond acceptors (Lipinski definition) is 14. The number of carbonyl (C=O) groups is 1. The monoisotopic (exact) mass is 647 g/mol. The van der Waals surface area contributed by atoms with Crippen molar-refractivity contribution in [3.63, 3.8) is 0 Å². The number of aliphatic hydroxyl groups is 3. The minimum Gasteiger partial charge on any atom is -0.735 e. The highest BCUT2D eigenvalue weighted by Gasteiger charge is 2.73. The number of nitrogens with one attached hydrogen (secondary N) is 1. The van der Waals surface area contributed by atoms with E-state index in [1.807, 2.05) is 4.72 Å². The molecule has 2 aliphatic heterocycles. The summed E-state index contributed by atoms with van der Waals surface area (Å²) in [5, 5.41) is 43.5. The molecule has 7 atom stereocenters. The molecule has 5 N–H and O–H groups in total. The molecule has 16 nitrogen and oxygen atoms in total. The lowest BCUT2D eigenvalue weighted by molar-refractivity contribution is -0.353. The summed E-state index contributed by atoms with van der Waals surface area (Å²) in [6, 6.07) is 0. The maximum atomic E-state index is 12.0. The summed E-state index contributed by atoms with van der Waals surface area (Å²) in [7, 11) is -10.7. The third-order valence-corrected chi connectivity index (χ3v) is 11.3. The normalized spacial score (nSPS) is 42.7. The second-order valence-electron chi connectivity index (χ2n) is 12.8. The van der Waals surface area contributed by atoms with Crippen molar-refractivity contribution in [2.45, 2.75) is 108 Å². The Morgan fingerprint density at radius 3 is 1.83 bits per heavy atom. The fourth-order valence-electron chi connectivity index (χ4n) is 6.09. The predicted molar refractivity (Wildman–Crippen MR) is 141 cm³/mol. The number of carboxylic acid groups (broad SMARTS) is 1. The van der Waals surface area contributed by atoms with Crippen molar-refractivity contribution in [1.29, 1.82) is 0 Å². The smallest absolute Gasteiger partial charge is 0.371 e. The van der Waals surface area contributed by atoms with Gasteiger partial charge in [0.15, 0.2) is 21.5 Å². The van der Waals surface area contributed by atoms with Gasteiger partial charge in [-0.3, -0.25) is 4.18 Å². The summed E-state index contributed by atoms with van der Waals surface area (Å²) < 4.78 is 95.1. The van der Waals surface area contributed by atoms with Gasteiger partial charge in [-0.15, -0.1) is 0 Å². The van der Waals surface area contributed by atoms with Gasteiger partial charge >= 0.3 is 5.97 Å². The van der Waals surface area contributed by atoms with Crippen molar-refractivity contribution in [3.8, 4) is 0 Å². The summed E-state index contributed by atoms with van der Waals surface area (Å²) in [4.78, 5) is 11.9. The topological polar surface area (TPSA) is 261 Å². The molecule has 2 heterocycles. The van der Waals surface area contributed by atoms with Gasteiger partial charge in [0.2, 0.25) is 16.2 Å². The number of aliphatic carboxylic acids is 1. The number of carboxylic acids is 1. The Labute approximate surface area is 245 Å². The largest absolute Gasteiger partial charge is 0.735 e. The molecule has 1 fully saturated rings. The maximum Gasteiger partial charge on any atom is 0.371 e. The lowest BCUT2D eigenvalue weighted by Crippen LogP contribution is -2.85. The van der Waals surface area contributed by atoms with Gasteiger partial charge in [-0.05, 0) is 62.3 Å². The fraction of sp³-hybridized carbons (Fsp3) is 0.875. The van der Waals surface area contributed by atoms with Crippen LogP contribution in [0.5, 0.6) is 0 Å². The zero-order valence-corrected chi connectivity index (χ0v) is 26.9. The zero-order chi connectivity index (χ0) is 33.4. The average Bonchev–Trinajstić information content (AvgIpc) is 2.77. The molecule has 0 aromatic rings. The van der Waals surface area contributed by atoms with E-state index in [0.717, 1.165) is 27.7 Å². The van der Waals surface area contributed by atoms with Crippen LogP contribution in [-0.2, 0) is 43.9 Å². The zero-order valence-electron chi connectivity index (χ0n) is 25.2. The van der Waals surface area contributed by atoms with E-state index in [4.69, 9.17) is 18.4 Å². The van der Waals surface area contributed by atoms with E-state index in [1.54, 1.807) is 0 Å². The first-order chi connectivity index (χ1) is 18.3. The standard InChI is InChI=1S/C24H43NO15S2/c1-14-15(16(27)28)38-20(6,24(10,21(14,7)29)40-42(34,35)36)13-37-12-18(4)19(5,11-26)39-17(2,3)22(8,23(18,9)30)25-41(31,32)33/h25-26,29-30H,11-13H2,1-10H3,(H,27,28)(H,31,32,33)(H,34,35,36)/p-2. The molecule has 0 aliphatic carbocycles. The average molecular weight is 648 g/mol. The van der Waals surface area contributed by atoms with E-state index in [-0.39, 0.29) is 5.57 Å². The summed E-state index contributed by atoms with van der Waals surface area (Å²) >= 11 is 0. The van der Waals surface area contributed by atoms with Crippen LogP contribution in [0.1, 0.15) is 69.2 Å². The van der Waals surface area contributed by atoms with Gasteiger partial charge in [0.05, 0.1) is 47.6 Å². The molecule has 7 unspecified atom stereocenters. The molecule has 0 saturated carbocycles. The highest BCUT2D eigenvalue weighted by atomic mass is 32.3. The Hall–Kier alpha value is -1.45. The van der Waals surface area contributed by atoms with E-state index < -0.39 is 96.8 Å². The van der Waals surface area contributed by atoms with Gasteiger partial charge in [0.25, 0.3) is 0 Å². The molecule has 2 aliphatic rings. The summed E-state index contributed by atoms with van der Waals surface area (Å²) in [6.45, 7) is 10.2. The van der Waals surface area contributed by atoms with Crippen molar-refractivity contribution in [3.05, 3.63) is 11.3 Å². The Morgan fingerprint density at radius 1 is 0.929 bits per heavy atom. The van der Waals surface area contributed by atoms with E-state index >= 15 is 0 Å². The Morgan fingerprint density at radius 2 is 1.43 bits per heavy atom. The molecule has 18 heteroatoms. The van der Waals surface area contributed by atoms with Gasteiger partial charge < -0.3 is 43.7 Å². The third-order valence-electron chi connectivity index (χ3n) is 10.1. The molecule has 42 heavy (non-hydrogen) atoms. The fourth-order valence-corrected chi connectivity index (χ4v) is 7.78. The van der Waals surface area contributed by atoms with E-state index in [1.165, 1.54) is 41.5 Å². The molecule has 246 valence electrons. The van der Waals surface area contributed by atoms with Crippen molar-refractivity contribution in [2.75, 3.05) is 19.8 Å². The molecule has 0 aromatic carbocycles. The quantitative estimate of drug-likeness (QED) is 0.144. The van der Waals surface area contributed by atoms with Gasteiger partial charge in [-0.2, -0.15) is 0 Å². The van der Waals surface area contributed by atoms with Crippen molar-refractivity contribution in [1.82, 2.24) is 4.72 Å². The highest BCUT2D eigenvalue weighted by molar-refractivity contribution is 7.83. The maximum absolute atomic E-state index is 12.0. The van der Waals surface area contributed by atoms with Crippen LogP contribution in [0.3, 0.4) is 0 Å². The second kappa shape index (κ2) is 10.3. The molecule has 1 saturated heterocycles. The van der Waals surface area contributed by atoms with Crippen LogP contribution in [0.15, 0.2) is 11.3 Å². The van der Waals surface area contributed by atoms with Crippen LogP contribution in [0, 0.1) is 5.41 Å². The van der Waals surface area contributed by atoms with Crippen molar-refractivity contribution < 1.29 is 69.6 Å². The SMILES string of the molecule is CC1=C(C(=O)O)OC(C)(COCC2(C)C(C)(CO)OC(C)(C)C(C)(NS(=O)(=O)[O-])C2(C)O)C(C)(OS(=O)(=O)[O-])C1(C)O. The number of rotatable bonds is 10. The van der Waals surface area contributed by atoms with Gasteiger partial charge in [0.1, 0.15) is 5.60 Å². The molecule has 2 rings (SSSR count). The van der Waals surface area contributed by atoms with Crippen molar-refractivity contribution in [2.24, 2.45) is 5.41 Å². The first-order valence-corrected chi connectivity index (χ1v) is 15.5. The third kappa shape index (κ3) is 5.38. The van der Waals surface area contributed by atoms with Crippen LogP contribution in [-0.4, -0.2) is 111 Å². The molecule has 0 aromatic heterocycles. The lowest BCUT2D eigenvalue weighted by atomic mass is 9.52. The Kier molecular flexibility index (Phi) is 9.01. The second-order valence-corrected chi connectivity index (χ2v) is 14.9. The van der Waals surface area contributed by atoms with Gasteiger partial charge in [-0.1, -0.05) is 6.92 Å². The molecule has 0 amide bonds. The highest BCUT2D eigenvalue weighted by Crippen LogP contribution is 2.58. The Bertz CT molecular complexity index is 1360. The molecular weight excluding hydrogens is 606 g/mol. The Balaban J connectivity index is 2.67. The van der Waals surface area contributed by atoms with Crippen LogP contribution in [0.4, 0.5) is 0 Å². The van der Waals surface area contributed by atoms with Gasteiger partial charge in [0, 0.05) is 5.57 Å². The number of aliphatic hydroxyl groups excluding tert-OH is 1. The van der Waals surface area contributed by atoms with Crippen LogP contribution in [0.25, 0.3) is 0 Å². The van der Waals surface area contributed by atoms with Crippen LogP contribution < -0.4 is 4.72 Å². The summed E-state index contributed by atoms with van der Waals surface area (Å²) in [6.07, 6.45) is 0. The molecule has 0 radical (unpaired) electrons. The summed E-state index contributed by atoms with van der Waals surface area (Å²) in [5.74, 6) is -2.40. The first-order valence-electron chi connectivity index (χ1n) is 12.7. The molecule has 0 bridgehead atoms. The first kappa shape index (κ1) is 36.7. The van der Waals surface area contributed by atoms with E-state index in [0.29, 0.717) is 0 Å². The van der Waals surface area contributed by atoms with Crippen LogP contribution >= 0.6 is 0 Å². The number of ether oxygens (including phenoxy) is 3. The van der Waals surface area contributed by atoms with Crippen molar-refractivity contribution >= 4 is 26.7 Å². The predicted octanol–water partition coefficient (Wildman–Crippen LogP) is -0.737. The van der Waals surface area contributed by atoms with Gasteiger partial charge in [-0.25, -0.2) is 26.4 Å². The van der Waals surface area contributed by atoms with Crippen LogP contribution in [0.2, 0.25) is 0 Å².